The monoisotopic (exact) mass is 282 g/mol. The van der Waals surface area contributed by atoms with Crippen LogP contribution in [0.3, 0.4) is 0 Å². The van der Waals surface area contributed by atoms with Crippen LogP contribution in [0.1, 0.15) is 53.4 Å². The largest absolute Gasteiger partial charge is 0.373 e. The molecule has 5 atom stereocenters. The Morgan fingerprint density at radius 3 is 2.35 bits per heavy atom. The van der Waals surface area contributed by atoms with Gasteiger partial charge in [0, 0.05) is 19.1 Å². The molecule has 0 aromatic heterocycles. The van der Waals surface area contributed by atoms with Gasteiger partial charge in [-0.1, -0.05) is 19.8 Å². The predicted molar refractivity (Wildman–Crippen MR) is 80.6 cm³/mol. The number of morpholine rings is 1. The summed E-state index contributed by atoms with van der Waals surface area (Å²) in [5.74, 6) is 0.799. The number of nitrogens with one attached hydrogen (secondary N) is 1. The van der Waals surface area contributed by atoms with E-state index in [1.807, 2.05) is 6.92 Å². The molecule has 20 heavy (non-hydrogen) atoms. The molecule has 4 heteroatoms. The average Bonchev–Trinajstić information content (AvgIpc) is 2.39. The van der Waals surface area contributed by atoms with Gasteiger partial charge in [0.2, 0.25) is 5.91 Å². The maximum Gasteiger partial charge on any atom is 0.237 e. The molecule has 1 saturated heterocycles. The van der Waals surface area contributed by atoms with Gasteiger partial charge < -0.3 is 10.1 Å². The summed E-state index contributed by atoms with van der Waals surface area (Å²) in [6.07, 6.45) is 5.35. The van der Waals surface area contributed by atoms with Gasteiger partial charge in [-0.3, -0.25) is 9.69 Å². The molecule has 0 aromatic carbocycles. The fourth-order valence-electron chi connectivity index (χ4n) is 3.53. The molecule has 0 unspecified atom stereocenters. The molecule has 1 aliphatic heterocycles. The van der Waals surface area contributed by atoms with Gasteiger partial charge in [-0.2, -0.15) is 0 Å². The molecule has 0 spiro atoms. The lowest BCUT2D eigenvalue weighted by atomic mass is 9.86. The van der Waals surface area contributed by atoms with E-state index >= 15 is 0 Å². The zero-order valence-corrected chi connectivity index (χ0v) is 13.4. The average molecular weight is 282 g/mol. The molecule has 1 saturated carbocycles. The van der Waals surface area contributed by atoms with E-state index in [9.17, 15) is 4.79 Å². The van der Waals surface area contributed by atoms with E-state index in [2.05, 4.69) is 31.0 Å². The Morgan fingerprint density at radius 1 is 1.15 bits per heavy atom. The number of nitrogens with zero attached hydrogens (tertiary/aromatic N) is 1. The van der Waals surface area contributed by atoms with Crippen molar-refractivity contribution in [2.75, 3.05) is 13.1 Å². The van der Waals surface area contributed by atoms with E-state index in [0.717, 1.165) is 19.5 Å². The van der Waals surface area contributed by atoms with E-state index in [1.54, 1.807) is 0 Å². The highest BCUT2D eigenvalue weighted by atomic mass is 16.5. The Hall–Kier alpha value is -0.610. The summed E-state index contributed by atoms with van der Waals surface area (Å²) in [6, 6.07) is 0.313. The van der Waals surface area contributed by atoms with Crippen molar-refractivity contribution in [3.8, 4) is 0 Å². The second-order valence-electron chi connectivity index (χ2n) is 6.76. The van der Waals surface area contributed by atoms with Crippen LogP contribution < -0.4 is 5.32 Å². The zero-order valence-electron chi connectivity index (χ0n) is 13.4. The molecule has 0 bridgehead atoms. The second kappa shape index (κ2) is 6.90. The fraction of sp³-hybridized carbons (Fsp3) is 0.938. The van der Waals surface area contributed by atoms with Crippen LogP contribution in [0.25, 0.3) is 0 Å². The van der Waals surface area contributed by atoms with Crippen LogP contribution in [-0.4, -0.2) is 48.2 Å². The summed E-state index contributed by atoms with van der Waals surface area (Å²) >= 11 is 0. The highest BCUT2D eigenvalue weighted by Crippen LogP contribution is 2.24. The quantitative estimate of drug-likeness (QED) is 0.862. The van der Waals surface area contributed by atoms with Crippen molar-refractivity contribution in [1.29, 1.82) is 0 Å². The van der Waals surface area contributed by atoms with Crippen molar-refractivity contribution < 1.29 is 9.53 Å². The SMILES string of the molecule is C[C@@H]1CN([C@@H](C)C(=O)N[C@H]2CCCC[C@@H]2C)C[C@H](C)O1. The van der Waals surface area contributed by atoms with Crippen LogP contribution in [-0.2, 0) is 9.53 Å². The Bertz CT molecular complexity index is 324. The van der Waals surface area contributed by atoms with Gasteiger partial charge in [-0.05, 0) is 39.5 Å². The predicted octanol–water partition coefficient (Wildman–Crippen LogP) is 2.18. The normalized spacial score (nSPS) is 37.4. The first kappa shape index (κ1) is 15.8. The minimum Gasteiger partial charge on any atom is -0.373 e. The molecule has 116 valence electrons. The summed E-state index contributed by atoms with van der Waals surface area (Å²) in [5, 5.41) is 3.27. The van der Waals surface area contributed by atoms with Crippen LogP contribution in [0.15, 0.2) is 0 Å². The van der Waals surface area contributed by atoms with E-state index in [0.29, 0.717) is 12.0 Å². The number of carbonyl (C=O) groups excluding carboxylic acids is 1. The van der Waals surface area contributed by atoms with Crippen molar-refractivity contribution >= 4 is 5.91 Å². The van der Waals surface area contributed by atoms with Crippen molar-refractivity contribution in [1.82, 2.24) is 10.2 Å². The first-order valence-corrected chi connectivity index (χ1v) is 8.17. The molecule has 1 aliphatic carbocycles. The van der Waals surface area contributed by atoms with Gasteiger partial charge in [0.25, 0.3) is 0 Å². The molecule has 1 N–H and O–H groups in total. The number of rotatable bonds is 3. The Labute approximate surface area is 123 Å². The lowest BCUT2D eigenvalue weighted by molar-refractivity contribution is -0.133. The minimum atomic E-state index is -0.0575. The lowest BCUT2D eigenvalue weighted by Crippen LogP contribution is -2.55. The third kappa shape index (κ3) is 3.95. The Kier molecular flexibility index (Phi) is 5.44. The Balaban J connectivity index is 1.87. The number of amides is 1. The first-order chi connectivity index (χ1) is 9.47. The molecule has 0 aromatic rings. The first-order valence-electron chi connectivity index (χ1n) is 8.17. The van der Waals surface area contributed by atoms with Gasteiger partial charge in [0.15, 0.2) is 0 Å². The van der Waals surface area contributed by atoms with Crippen LogP contribution in [0.2, 0.25) is 0 Å². The van der Waals surface area contributed by atoms with E-state index < -0.39 is 0 Å². The molecule has 1 amide bonds. The van der Waals surface area contributed by atoms with Gasteiger partial charge in [0.1, 0.15) is 0 Å². The smallest absolute Gasteiger partial charge is 0.237 e. The van der Waals surface area contributed by atoms with Crippen molar-refractivity contribution in [2.45, 2.75) is 77.7 Å². The maximum absolute atomic E-state index is 12.5. The van der Waals surface area contributed by atoms with Gasteiger partial charge in [-0.25, -0.2) is 0 Å². The number of hydrogen-bond donors (Lipinski definition) is 1. The van der Waals surface area contributed by atoms with Gasteiger partial charge >= 0.3 is 0 Å². The topological polar surface area (TPSA) is 41.6 Å². The molecular formula is C16H30N2O2. The molecule has 2 fully saturated rings. The van der Waals surface area contributed by atoms with Crippen molar-refractivity contribution in [2.24, 2.45) is 5.92 Å². The highest BCUT2D eigenvalue weighted by molar-refractivity contribution is 5.81. The molecule has 2 aliphatic rings. The fourth-order valence-corrected chi connectivity index (χ4v) is 3.53. The van der Waals surface area contributed by atoms with Crippen LogP contribution in [0.5, 0.6) is 0 Å². The van der Waals surface area contributed by atoms with Crippen molar-refractivity contribution in [3.63, 3.8) is 0 Å². The number of ether oxygens (including phenoxy) is 1. The standard InChI is InChI=1S/C16H30N2O2/c1-11-7-5-6-8-15(11)17-16(19)14(4)18-9-12(2)20-13(3)10-18/h11-15H,5-10H2,1-4H3,(H,17,19)/t11-,12-,13+,14-,15-/m0/s1. The van der Waals surface area contributed by atoms with Crippen LogP contribution in [0, 0.1) is 5.92 Å². The maximum atomic E-state index is 12.5. The molecule has 2 rings (SSSR count). The van der Waals surface area contributed by atoms with Crippen LogP contribution >= 0.6 is 0 Å². The molecule has 0 radical (unpaired) electrons. The molecular weight excluding hydrogens is 252 g/mol. The van der Waals surface area contributed by atoms with E-state index in [4.69, 9.17) is 4.74 Å². The second-order valence-corrected chi connectivity index (χ2v) is 6.76. The van der Waals surface area contributed by atoms with E-state index in [1.165, 1.54) is 19.3 Å². The summed E-state index contributed by atoms with van der Waals surface area (Å²) < 4.78 is 5.74. The number of carbonyl (C=O) groups is 1. The van der Waals surface area contributed by atoms with Crippen LogP contribution in [0.4, 0.5) is 0 Å². The summed E-state index contributed by atoms with van der Waals surface area (Å²) in [4.78, 5) is 14.7. The van der Waals surface area contributed by atoms with Crippen molar-refractivity contribution in [3.05, 3.63) is 0 Å². The van der Waals surface area contributed by atoms with E-state index in [-0.39, 0.29) is 24.2 Å². The molecule has 4 nitrogen and oxygen atoms in total. The lowest BCUT2D eigenvalue weighted by Gasteiger charge is -2.39. The Morgan fingerprint density at radius 2 is 1.75 bits per heavy atom. The highest BCUT2D eigenvalue weighted by Gasteiger charge is 2.31. The zero-order chi connectivity index (χ0) is 14.7. The number of hydrogen-bond acceptors (Lipinski definition) is 3. The van der Waals surface area contributed by atoms with Gasteiger partial charge in [-0.15, -0.1) is 0 Å². The third-order valence-electron chi connectivity index (χ3n) is 4.81. The minimum absolute atomic E-state index is 0.0575. The third-order valence-corrected chi connectivity index (χ3v) is 4.81. The summed E-state index contributed by atoms with van der Waals surface area (Å²) in [6.45, 7) is 10.1. The van der Waals surface area contributed by atoms with Gasteiger partial charge in [0.05, 0.1) is 18.2 Å². The summed E-state index contributed by atoms with van der Waals surface area (Å²) in [7, 11) is 0. The summed E-state index contributed by atoms with van der Waals surface area (Å²) in [5.41, 5.74) is 0. The molecule has 1 heterocycles.